The monoisotopic (exact) mass is 325 g/mol. The summed E-state index contributed by atoms with van der Waals surface area (Å²) in [6, 6.07) is 0. The molecule has 1 heterocycles. The molecule has 1 amide bonds. The van der Waals surface area contributed by atoms with E-state index in [2.05, 4.69) is 13.8 Å². The summed E-state index contributed by atoms with van der Waals surface area (Å²) in [6.45, 7) is 5.72. The molecule has 0 aromatic rings. The van der Waals surface area contributed by atoms with Crippen LogP contribution in [0.5, 0.6) is 0 Å². The number of amides is 1. The van der Waals surface area contributed by atoms with Crippen molar-refractivity contribution in [2.45, 2.75) is 58.8 Å². The van der Waals surface area contributed by atoms with Gasteiger partial charge in [0.15, 0.2) is 0 Å². The predicted octanol–water partition coefficient (Wildman–Crippen LogP) is 2.93. The van der Waals surface area contributed by atoms with Crippen LogP contribution in [0.2, 0.25) is 0 Å². The Kier molecular flexibility index (Phi) is 5.71. The number of ether oxygens (including phenoxy) is 1. The maximum absolute atomic E-state index is 12.6. The van der Waals surface area contributed by atoms with E-state index in [4.69, 9.17) is 4.74 Å². The lowest BCUT2D eigenvalue weighted by Crippen LogP contribution is -2.52. The average molecular weight is 325 g/mol. The van der Waals surface area contributed by atoms with Crippen molar-refractivity contribution in [3.8, 4) is 0 Å². The Bertz CT molecular complexity index is 434. The van der Waals surface area contributed by atoms with E-state index in [1.165, 1.54) is 20.0 Å². The number of carbonyl (C=O) groups is 2. The van der Waals surface area contributed by atoms with Crippen molar-refractivity contribution in [1.29, 1.82) is 0 Å². The fourth-order valence-electron chi connectivity index (χ4n) is 4.01. The second-order valence-corrected chi connectivity index (χ2v) is 8.25. The van der Waals surface area contributed by atoms with Gasteiger partial charge in [-0.2, -0.15) is 0 Å². The van der Waals surface area contributed by atoms with E-state index in [1.807, 2.05) is 0 Å². The van der Waals surface area contributed by atoms with Gasteiger partial charge in [0.2, 0.25) is 5.91 Å². The van der Waals surface area contributed by atoms with Crippen LogP contribution in [0.1, 0.15) is 58.8 Å². The van der Waals surface area contributed by atoms with Gasteiger partial charge in [-0.3, -0.25) is 9.59 Å². The van der Waals surface area contributed by atoms with Gasteiger partial charge in [0.1, 0.15) is 5.41 Å². The lowest BCUT2D eigenvalue weighted by Gasteiger charge is -2.40. The summed E-state index contributed by atoms with van der Waals surface area (Å²) in [6.07, 6.45) is 6.44. The quantitative estimate of drug-likeness (QED) is 0.844. The van der Waals surface area contributed by atoms with E-state index < -0.39 is 11.4 Å². The Morgan fingerprint density at radius 3 is 2.43 bits per heavy atom. The summed E-state index contributed by atoms with van der Waals surface area (Å²) in [5.74, 6) is -0.272. The van der Waals surface area contributed by atoms with E-state index >= 15 is 0 Å². The molecule has 1 unspecified atom stereocenters. The van der Waals surface area contributed by atoms with Gasteiger partial charge < -0.3 is 14.7 Å². The fourth-order valence-corrected chi connectivity index (χ4v) is 4.01. The molecule has 0 aromatic carbocycles. The van der Waals surface area contributed by atoms with Crippen molar-refractivity contribution >= 4 is 11.9 Å². The first-order valence-electron chi connectivity index (χ1n) is 8.78. The number of carboxylic acid groups (broad SMARTS) is 1. The molecule has 1 saturated heterocycles. The largest absolute Gasteiger partial charge is 0.481 e. The predicted molar refractivity (Wildman–Crippen MR) is 88.1 cm³/mol. The van der Waals surface area contributed by atoms with Crippen LogP contribution in [0.3, 0.4) is 0 Å². The van der Waals surface area contributed by atoms with Gasteiger partial charge in [-0.15, -0.1) is 0 Å². The number of carboxylic acids is 1. The van der Waals surface area contributed by atoms with E-state index in [-0.39, 0.29) is 19.1 Å². The summed E-state index contributed by atoms with van der Waals surface area (Å²) in [7, 11) is 1.52. The number of piperidine rings is 1. The molecule has 0 radical (unpaired) electrons. The van der Waals surface area contributed by atoms with Gasteiger partial charge in [0.25, 0.3) is 0 Å². The minimum absolute atomic E-state index is 0.121. The zero-order chi connectivity index (χ0) is 17.1. The van der Waals surface area contributed by atoms with Crippen molar-refractivity contribution in [2.75, 3.05) is 26.8 Å². The highest BCUT2D eigenvalue weighted by atomic mass is 16.5. The molecule has 1 aliphatic heterocycles. The smallest absolute Gasteiger partial charge is 0.313 e. The highest BCUT2D eigenvalue weighted by Gasteiger charge is 2.44. The first kappa shape index (κ1) is 18.2. The van der Waals surface area contributed by atoms with Gasteiger partial charge in [-0.25, -0.2) is 0 Å². The first-order valence-corrected chi connectivity index (χ1v) is 8.78. The Morgan fingerprint density at radius 2 is 1.87 bits per heavy atom. The van der Waals surface area contributed by atoms with Gasteiger partial charge in [0.05, 0.1) is 6.61 Å². The molecular formula is C18H31NO4. The van der Waals surface area contributed by atoms with E-state index in [9.17, 15) is 14.7 Å². The van der Waals surface area contributed by atoms with Crippen LogP contribution in [0.4, 0.5) is 0 Å². The molecule has 5 heteroatoms. The zero-order valence-corrected chi connectivity index (χ0v) is 14.8. The zero-order valence-electron chi connectivity index (χ0n) is 14.8. The summed E-state index contributed by atoms with van der Waals surface area (Å²) < 4.78 is 5.13. The third-order valence-corrected chi connectivity index (χ3v) is 5.73. The number of methoxy groups -OCH3 is 1. The van der Waals surface area contributed by atoms with Crippen LogP contribution in [-0.4, -0.2) is 48.7 Å². The number of rotatable bonds is 5. The average Bonchev–Trinajstić information content (AvgIpc) is 2.50. The molecule has 1 atom stereocenters. The Balaban J connectivity index is 1.93. The highest BCUT2D eigenvalue weighted by Crippen LogP contribution is 2.39. The third-order valence-electron chi connectivity index (χ3n) is 5.73. The molecule has 2 aliphatic rings. The number of likely N-dealkylation sites (tertiary alicyclic amines) is 1. The molecule has 2 fully saturated rings. The highest BCUT2D eigenvalue weighted by molar-refractivity contribution is 5.80. The normalized spacial score (nSPS) is 28.6. The van der Waals surface area contributed by atoms with Crippen molar-refractivity contribution in [3.63, 3.8) is 0 Å². The maximum Gasteiger partial charge on any atom is 0.313 e. The summed E-state index contributed by atoms with van der Waals surface area (Å²) in [4.78, 5) is 26.1. The standard InChI is InChI=1S/C18H31NO4/c1-17(2)8-5-14(6-9-17)11-15(20)19-10-4-7-18(12-19,13-23-3)16(21)22/h14H,4-13H2,1-3H3,(H,21,22). The molecule has 0 aromatic heterocycles. The molecule has 1 aliphatic carbocycles. The van der Waals surface area contributed by atoms with Gasteiger partial charge in [-0.05, 0) is 49.9 Å². The first-order chi connectivity index (χ1) is 10.8. The van der Waals surface area contributed by atoms with Crippen molar-refractivity contribution in [1.82, 2.24) is 4.90 Å². The molecule has 1 N–H and O–H groups in total. The molecule has 1 saturated carbocycles. The number of aliphatic carboxylic acids is 1. The SMILES string of the molecule is COCC1(C(=O)O)CCCN(C(=O)CC2CCC(C)(C)CC2)C1. The molecule has 0 spiro atoms. The van der Waals surface area contributed by atoms with Crippen LogP contribution in [-0.2, 0) is 14.3 Å². The van der Waals surface area contributed by atoms with Crippen molar-refractivity contribution in [2.24, 2.45) is 16.7 Å². The lowest BCUT2D eigenvalue weighted by molar-refractivity contribution is -0.159. The van der Waals surface area contributed by atoms with Crippen LogP contribution in [0.15, 0.2) is 0 Å². The summed E-state index contributed by atoms with van der Waals surface area (Å²) in [5.41, 5.74) is -0.529. The minimum atomic E-state index is -0.933. The number of hydrogen-bond acceptors (Lipinski definition) is 3. The lowest BCUT2D eigenvalue weighted by atomic mass is 9.72. The van der Waals surface area contributed by atoms with E-state index in [0.29, 0.717) is 30.7 Å². The second kappa shape index (κ2) is 7.20. The number of hydrogen-bond donors (Lipinski definition) is 1. The molecule has 2 rings (SSSR count). The van der Waals surface area contributed by atoms with Crippen LogP contribution in [0.25, 0.3) is 0 Å². The number of nitrogens with zero attached hydrogens (tertiary/aromatic N) is 1. The van der Waals surface area contributed by atoms with Gasteiger partial charge in [0, 0.05) is 26.6 Å². The van der Waals surface area contributed by atoms with Crippen LogP contribution in [0, 0.1) is 16.7 Å². The van der Waals surface area contributed by atoms with Crippen LogP contribution >= 0.6 is 0 Å². The topological polar surface area (TPSA) is 66.8 Å². The Hall–Kier alpha value is -1.10. The summed E-state index contributed by atoms with van der Waals surface area (Å²) >= 11 is 0. The number of carbonyl (C=O) groups excluding carboxylic acids is 1. The van der Waals surface area contributed by atoms with E-state index in [0.717, 1.165) is 19.3 Å². The van der Waals surface area contributed by atoms with Crippen molar-refractivity contribution < 1.29 is 19.4 Å². The van der Waals surface area contributed by atoms with Crippen LogP contribution < -0.4 is 0 Å². The molecular weight excluding hydrogens is 294 g/mol. The Morgan fingerprint density at radius 1 is 1.22 bits per heavy atom. The minimum Gasteiger partial charge on any atom is -0.481 e. The molecule has 5 nitrogen and oxygen atoms in total. The maximum atomic E-state index is 12.6. The van der Waals surface area contributed by atoms with Gasteiger partial charge >= 0.3 is 5.97 Å². The fraction of sp³-hybridized carbons (Fsp3) is 0.889. The third kappa shape index (κ3) is 4.46. The van der Waals surface area contributed by atoms with Crippen molar-refractivity contribution in [3.05, 3.63) is 0 Å². The van der Waals surface area contributed by atoms with E-state index in [1.54, 1.807) is 4.90 Å². The summed E-state index contributed by atoms with van der Waals surface area (Å²) in [5, 5.41) is 9.58. The second-order valence-electron chi connectivity index (χ2n) is 8.25. The Labute approximate surface area is 139 Å². The van der Waals surface area contributed by atoms with Gasteiger partial charge in [-0.1, -0.05) is 13.8 Å². The molecule has 0 bridgehead atoms. The molecule has 132 valence electrons. The molecule has 23 heavy (non-hydrogen) atoms.